The van der Waals surface area contributed by atoms with Crippen LogP contribution in [0.2, 0.25) is 5.02 Å². The van der Waals surface area contributed by atoms with Gasteiger partial charge in [-0.25, -0.2) is 0 Å². The number of anilines is 1. The molecule has 4 rings (SSSR count). The van der Waals surface area contributed by atoms with Crippen molar-refractivity contribution >= 4 is 34.1 Å². The molecule has 4 aromatic rings. The number of rotatable bonds is 6. The number of aromatic amines is 1. The smallest absolute Gasteiger partial charge is 0.272 e. The lowest BCUT2D eigenvalue weighted by Gasteiger charge is -2.16. The molecule has 1 atom stereocenters. The van der Waals surface area contributed by atoms with Crippen LogP contribution in [0.5, 0.6) is 11.5 Å². The van der Waals surface area contributed by atoms with Gasteiger partial charge in [-0.2, -0.15) is 0 Å². The Balaban J connectivity index is 1.47. The van der Waals surface area contributed by atoms with Crippen LogP contribution in [-0.2, 0) is 0 Å². The van der Waals surface area contributed by atoms with Crippen molar-refractivity contribution in [3.05, 3.63) is 89.1 Å². The molecule has 0 aliphatic carbocycles. The first-order valence-electron chi connectivity index (χ1n) is 9.53. The second kappa shape index (κ2) is 8.51. The zero-order valence-corrected chi connectivity index (χ0v) is 17.4. The molecular weight excluding hydrogens is 400 g/mol. The van der Waals surface area contributed by atoms with E-state index in [1.54, 1.807) is 31.4 Å². The largest absolute Gasteiger partial charge is 0.497 e. The molecular formula is C24H21ClN2O3. The van der Waals surface area contributed by atoms with Crippen molar-refractivity contribution in [2.24, 2.45) is 0 Å². The quantitative estimate of drug-likeness (QED) is 0.389. The van der Waals surface area contributed by atoms with Gasteiger partial charge in [-0.05, 0) is 55.0 Å². The Morgan fingerprint density at radius 3 is 2.57 bits per heavy atom. The second-order valence-electron chi connectivity index (χ2n) is 6.91. The maximum Gasteiger partial charge on any atom is 0.272 e. The molecule has 5 nitrogen and oxygen atoms in total. The van der Waals surface area contributed by atoms with Crippen molar-refractivity contribution in [1.82, 2.24) is 4.98 Å². The summed E-state index contributed by atoms with van der Waals surface area (Å²) in [5.41, 5.74) is 2.95. The molecule has 1 amide bonds. The number of H-pyrrole nitrogens is 1. The molecule has 0 bridgehead atoms. The van der Waals surface area contributed by atoms with E-state index in [4.69, 9.17) is 21.1 Å². The predicted molar refractivity (Wildman–Crippen MR) is 120 cm³/mol. The van der Waals surface area contributed by atoms with Gasteiger partial charge in [0, 0.05) is 16.6 Å². The second-order valence-corrected chi connectivity index (χ2v) is 7.31. The number of amides is 1. The maximum absolute atomic E-state index is 12.6. The monoisotopic (exact) mass is 420 g/mol. The van der Waals surface area contributed by atoms with E-state index in [1.807, 2.05) is 55.5 Å². The fraction of sp³-hybridized carbons (Fsp3) is 0.125. The highest BCUT2D eigenvalue weighted by atomic mass is 35.5. The van der Waals surface area contributed by atoms with E-state index < -0.39 is 0 Å². The average molecular weight is 421 g/mol. The van der Waals surface area contributed by atoms with Crippen molar-refractivity contribution in [3.63, 3.8) is 0 Å². The zero-order chi connectivity index (χ0) is 21.1. The molecule has 0 spiro atoms. The molecule has 0 aliphatic rings. The standard InChI is InChI=1S/C24H21ClN2O3/c1-15(16-6-4-3-5-7-16)30-23-11-8-18(14-20(23)25)26-24(28)22-13-17-12-19(29-2)9-10-21(17)27-22/h3-15,27H,1-2H3,(H,26,28)/t15-/m0/s1. The van der Waals surface area contributed by atoms with Crippen LogP contribution in [0, 0.1) is 0 Å². The molecule has 0 aliphatic heterocycles. The lowest BCUT2D eigenvalue weighted by molar-refractivity contribution is 0.102. The molecule has 1 heterocycles. The minimum atomic E-state index is -0.257. The molecule has 0 saturated heterocycles. The van der Waals surface area contributed by atoms with Crippen LogP contribution >= 0.6 is 11.6 Å². The van der Waals surface area contributed by atoms with Crippen molar-refractivity contribution < 1.29 is 14.3 Å². The van der Waals surface area contributed by atoms with Gasteiger partial charge in [0.15, 0.2) is 0 Å². The van der Waals surface area contributed by atoms with E-state index in [0.29, 0.717) is 22.2 Å². The highest BCUT2D eigenvalue weighted by Gasteiger charge is 2.13. The summed E-state index contributed by atoms with van der Waals surface area (Å²) in [6, 6.07) is 22.5. The molecule has 0 radical (unpaired) electrons. The Morgan fingerprint density at radius 1 is 1.03 bits per heavy atom. The van der Waals surface area contributed by atoms with Crippen LogP contribution in [0.25, 0.3) is 10.9 Å². The number of ether oxygens (including phenoxy) is 2. The first kappa shape index (κ1) is 19.9. The highest BCUT2D eigenvalue weighted by molar-refractivity contribution is 6.32. The molecule has 1 aromatic heterocycles. The number of benzene rings is 3. The van der Waals surface area contributed by atoms with Crippen molar-refractivity contribution in [2.75, 3.05) is 12.4 Å². The molecule has 30 heavy (non-hydrogen) atoms. The van der Waals surface area contributed by atoms with Crippen LogP contribution < -0.4 is 14.8 Å². The lowest BCUT2D eigenvalue weighted by atomic mass is 10.1. The van der Waals surface area contributed by atoms with Gasteiger partial charge in [0.05, 0.1) is 12.1 Å². The summed E-state index contributed by atoms with van der Waals surface area (Å²) < 4.78 is 11.2. The number of methoxy groups -OCH3 is 1. The van der Waals surface area contributed by atoms with Crippen LogP contribution in [0.1, 0.15) is 29.1 Å². The van der Waals surface area contributed by atoms with Crippen LogP contribution in [-0.4, -0.2) is 18.0 Å². The Hall–Kier alpha value is -3.44. The third-order valence-corrected chi connectivity index (χ3v) is 5.13. The van der Waals surface area contributed by atoms with Gasteiger partial charge in [0.25, 0.3) is 5.91 Å². The number of hydrogen-bond donors (Lipinski definition) is 2. The summed E-state index contributed by atoms with van der Waals surface area (Å²) in [5, 5.41) is 4.19. The summed E-state index contributed by atoms with van der Waals surface area (Å²) >= 11 is 6.39. The minimum absolute atomic E-state index is 0.146. The molecule has 0 unspecified atom stereocenters. The first-order chi connectivity index (χ1) is 14.5. The number of carbonyl (C=O) groups excluding carboxylic acids is 1. The number of fused-ring (bicyclic) bond motifs is 1. The van der Waals surface area contributed by atoms with Gasteiger partial charge in [-0.3, -0.25) is 4.79 Å². The van der Waals surface area contributed by atoms with Gasteiger partial charge in [0.2, 0.25) is 0 Å². The third-order valence-electron chi connectivity index (χ3n) is 4.84. The Labute approximate surface area is 179 Å². The Morgan fingerprint density at radius 2 is 1.83 bits per heavy atom. The number of halogens is 1. The first-order valence-corrected chi connectivity index (χ1v) is 9.90. The number of hydrogen-bond acceptors (Lipinski definition) is 3. The molecule has 0 fully saturated rings. The van der Waals surface area contributed by atoms with Gasteiger partial charge < -0.3 is 19.8 Å². The summed E-state index contributed by atoms with van der Waals surface area (Å²) in [5.74, 6) is 1.04. The van der Waals surface area contributed by atoms with Crippen LogP contribution in [0.4, 0.5) is 5.69 Å². The molecule has 0 saturated carbocycles. The number of aromatic nitrogens is 1. The van der Waals surface area contributed by atoms with Gasteiger partial charge >= 0.3 is 0 Å². The minimum Gasteiger partial charge on any atom is -0.497 e. The van der Waals surface area contributed by atoms with Crippen molar-refractivity contribution in [2.45, 2.75) is 13.0 Å². The molecule has 152 valence electrons. The molecule has 2 N–H and O–H groups in total. The summed E-state index contributed by atoms with van der Waals surface area (Å²) in [6.45, 7) is 1.96. The predicted octanol–water partition coefficient (Wildman–Crippen LogP) is 6.22. The fourth-order valence-corrected chi connectivity index (χ4v) is 3.44. The Kier molecular flexibility index (Phi) is 5.63. The lowest BCUT2D eigenvalue weighted by Crippen LogP contribution is -2.12. The number of nitrogens with one attached hydrogen (secondary N) is 2. The normalized spacial score (nSPS) is 11.8. The summed E-state index contributed by atoms with van der Waals surface area (Å²) in [4.78, 5) is 15.8. The fourth-order valence-electron chi connectivity index (χ4n) is 3.22. The topological polar surface area (TPSA) is 63.4 Å². The molecule has 6 heteroatoms. The van der Waals surface area contributed by atoms with Gasteiger partial charge in [0.1, 0.15) is 23.3 Å². The van der Waals surface area contributed by atoms with Crippen molar-refractivity contribution in [1.29, 1.82) is 0 Å². The molecule has 3 aromatic carbocycles. The summed E-state index contributed by atoms with van der Waals surface area (Å²) in [7, 11) is 1.61. The van der Waals surface area contributed by atoms with Gasteiger partial charge in [-0.1, -0.05) is 41.9 Å². The SMILES string of the molecule is COc1ccc2[nH]c(C(=O)Nc3ccc(O[C@@H](C)c4ccccc4)c(Cl)c3)cc2c1. The Bertz CT molecular complexity index is 1190. The van der Waals surface area contributed by atoms with E-state index in [-0.39, 0.29) is 12.0 Å². The van der Waals surface area contributed by atoms with Gasteiger partial charge in [-0.15, -0.1) is 0 Å². The van der Waals surface area contributed by atoms with E-state index in [1.165, 1.54) is 0 Å². The average Bonchev–Trinajstić information content (AvgIpc) is 3.19. The summed E-state index contributed by atoms with van der Waals surface area (Å²) in [6.07, 6.45) is -0.146. The highest BCUT2D eigenvalue weighted by Crippen LogP contribution is 2.31. The van der Waals surface area contributed by atoms with E-state index >= 15 is 0 Å². The van der Waals surface area contributed by atoms with E-state index in [9.17, 15) is 4.79 Å². The zero-order valence-electron chi connectivity index (χ0n) is 16.6. The maximum atomic E-state index is 12.6. The van der Waals surface area contributed by atoms with Crippen LogP contribution in [0.15, 0.2) is 72.8 Å². The van der Waals surface area contributed by atoms with E-state index in [2.05, 4.69) is 10.3 Å². The van der Waals surface area contributed by atoms with Crippen LogP contribution in [0.3, 0.4) is 0 Å². The third kappa shape index (κ3) is 4.26. The van der Waals surface area contributed by atoms with E-state index in [0.717, 1.165) is 22.2 Å². The number of carbonyl (C=O) groups is 1. The van der Waals surface area contributed by atoms with Crippen molar-refractivity contribution in [3.8, 4) is 11.5 Å².